The van der Waals surface area contributed by atoms with Gasteiger partial charge in [0.1, 0.15) is 0 Å². The molecule has 3 heteroatoms. The highest BCUT2D eigenvalue weighted by molar-refractivity contribution is 5.20. The Morgan fingerprint density at radius 3 is 2.47 bits per heavy atom. The van der Waals surface area contributed by atoms with Crippen LogP contribution in [0.25, 0.3) is 0 Å². The Balaban J connectivity index is 2.12. The van der Waals surface area contributed by atoms with Gasteiger partial charge in [0.15, 0.2) is 0 Å². The van der Waals surface area contributed by atoms with E-state index < -0.39 is 0 Å². The molecule has 0 aliphatic rings. The van der Waals surface area contributed by atoms with Crippen LogP contribution < -0.4 is 5.32 Å². The third kappa shape index (κ3) is 3.67. The van der Waals surface area contributed by atoms with Gasteiger partial charge in [-0.05, 0) is 32.0 Å². The van der Waals surface area contributed by atoms with E-state index in [0.717, 1.165) is 18.7 Å². The van der Waals surface area contributed by atoms with Gasteiger partial charge in [0.25, 0.3) is 0 Å². The Morgan fingerprint density at radius 2 is 1.89 bits per heavy atom. The van der Waals surface area contributed by atoms with E-state index >= 15 is 0 Å². The molecule has 0 fully saturated rings. The second-order valence-electron chi connectivity index (χ2n) is 5.11. The van der Waals surface area contributed by atoms with Crippen LogP contribution in [0.15, 0.2) is 42.6 Å². The number of likely N-dealkylation sites (N-methyl/N-ethyl adjacent to an activating group) is 1. The van der Waals surface area contributed by atoms with Crippen LogP contribution in [-0.4, -0.2) is 16.3 Å². The molecule has 0 bridgehead atoms. The van der Waals surface area contributed by atoms with Gasteiger partial charge in [0.05, 0.1) is 5.69 Å². The largest absolute Gasteiger partial charge is 0.310 e. The van der Waals surface area contributed by atoms with Crippen LogP contribution in [-0.2, 0) is 6.42 Å². The van der Waals surface area contributed by atoms with Gasteiger partial charge < -0.3 is 5.32 Å². The molecule has 1 aromatic heterocycles. The predicted octanol–water partition coefficient (Wildman–Crippen LogP) is 3.36. The van der Waals surface area contributed by atoms with Crippen molar-refractivity contribution in [3.63, 3.8) is 0 Å². The molecular formula is C16H23N3. The molecule has 0 radical (unpaired) electrons. The lowest BCUT2D eigenvalue weighted by Gasteiger charge is -2.17. The van der Waals surface area contributed by atoms with Crippen molar-refractivity contribution in [2.75, 3.05) is 6.54 Å². The van der Waals surface area contributed by atoms with Crippen LogP contribution in [0.1, 0.15) is 44.1 Å². The second kappa shape index (κ2) is 6.53. The van der Waals surface area contributed by atoms with E-state index in [9.17, 15) is 0 Å². The molecule has 1 aromatic carbocycles. The van der Waals surface area contributed by atoms with Gasteiger partial charge in [0.2, 0.25) is 0 Å². The van der Waals surface area contributed by atoms with E-state index in [-0.39, 0.29) is 0 Å². The molecule has 102 valence electrons. The number of hydrogen-bond acceptors (Lipinski definition) is 2. The van der Waals surface area contributed by atoms with Crippen LogP contribution in [0.4, 0.5) is 0 Å². The lowest BCUT2D eigenvalue weighted by molar-refractivity contribution is 0.506. The van der Waals surface area contributed by atoms with Gasteiger partial charge in [-0.2, -0.15) is 5.10 Å². The summed E-state index contributed by atoms with van der Waals surface area (Å²) in [6.45, 7) is 7.40. The standard InChI is InChI=1S/C16H23N3/c1-4-17-16(14-8-6-5-7-9-14)12-15-10-11-19(18-15)13(2)3/h5-11,13,16-17H,4,12H2,1-3H3. The number of aromatic nitrogens is 2. The molecule has 2 aromatic rings. The molecule has 0 aliphatic heterocycles. The van der Waals surface area contributed by atoms with Gasteiger partial charge in [-0.25, -0.2) is 0 Å². The summed E-state index contributed by atoms with van der Waals surface area (Å²) in [5, 5.41) is 8.17. The molecule has 1 unspecified atom stereocenters. The van der Waals surface area contributed by atoms with E-state index in [1.807, 2.05) is 4.68 Å². The smallest absolute Gasteiger partial charge is 0.0643 e. The quantitative estimate of drug-likeness (QED) is 0.860. The zero-order chi connectivity index (χ0) is 13.7. The van der Waals surface area contributed by atoms with Crippen LogP contribution in [0, 0.1) is 0 Å². The minimum atomic E-state index is 0.335. The molecule has 1 atom stereocenters. The van der Waals surface area contributed by atoms with Crippen molar-refractivity contribution >= 4 is 0 Å². The molecule has 0 saturated carbocycles. The molecule has 0 amide bonds. The molecule has 1 N–H and O–H groups in total. The van der Waals surface area contributed by atoms with Crippen molar-refractivity contribution in [1.29, 1.82) is 0 Å². The third-order valence-electron chi connectivity index (χ3n) is 3.26. The van der Waals surface area contributed by atoms with Gasteiger partial charge in [-0.3, -0.25) is 4.68 Å². The highest BCUT2D eigenvalue weighted by Crippen LogP contribution is 2.17. The Labute approximate surface area is 115 Å². The predicted molar refractivity (Wildman–Crippen MR) is 79.2 cm³/mol. The fraction of sp³-hybridized carbons (Fsp3) is 0.438. The van der Waals surface area contributed by atoms with E-state index in [0.29, 0.717) is 12.1 Å². The Bertz CT molecular complexity index is 488. The second-order valence-corrected chi connectivity index (χ2v) is 5.11. The lowest BCUT2D eigenvalue weighted by atomic mass is 10.0. The summed E-state index contributed by atoms with van der Waals surface area (Å²) in [5.74, 6) is 0. The highest BCUT2D eigenvalue weighted by Gasteiger charge is 2.12. The van der Waals surface area contributed by atoms with Crippen molar-refractivity contribution in [2.45, 2.75) is 39.3 Å². The number of hydrogen-bond donors (Lipinski definition) is 1. The van der Waals surface area contributed by atoms with Crippen LogP contribution in [0.5, 0.6) is 0 Å². The van der Waals surface area contributed by atoms with Crippen molar-refractivity contribution in [1.82, 2.24) is 15.1 Å². The van der Waals surface area contributed by atoms with Gasteiger partial charge in [-0.1, -0.05) is 37.3 Å². The Kier molecular flexibility index (Phi) is 4.74. The van der Waals surface area contributed by atoms with Crippen molar-refractivity contribution < 1.29 is 0 Å². The molecule has 2 rings (SSSR count). The minimum Gasteiger partial charge on any atom is -0.310 e. The first-order valence-corrected chi connectivity index (χ1v) is 7.03. The first-order chi connectivity index (χ1) is 9.20. The summed E-state index contributed by atoms with van der Waals surface area (Å²) in [4.78, 5) is 0. The van der Waals surface area contributed by atoms with Crippen LogP contribution in [0.2, 0.25) is 0 Å². The number of nitrogens with one attached hydrogen (secondary N) is 1. The topological polar surface area (TPSA) is 29.9 Å². The summed E-state index contributed by atoms with van der Waals surface area (Å²) in [6, 6.07) is 13.5. The Morgan fingerprint density at radius 1 is 1.16 bits per heavy atom. The van der Waals surface area contributed by atoms with Crippen LogP contribution in [0.3, 0.4) is 0 Å². The highest BCUT2D eigenvalue weighted by atomic mass is 15.3. The van der Waals surface area contributed by atoms with E-state index in [1.165, 1.54) is 5.56 Å². The van der Waals surface area contributed by atoms with Crippen molar-refractivity contribution in [3.8, 4) is 0 Å². The molecular weight excluding hydrogens is 234 g/mol. The van der Waals surface area contributed by atoms with E-state index in [2.05, 4.69) is 73.8 Å². The SMILES string of the molecule is CCNC(Cc1ccn(C(C)C)n1)c1ccccc1. The third-order valence-corrected chi connectivity index (χ3v) is 3.26. The van der Waals surface area contributed by atoms with Crippen molar-refractivity contribution in [2.24, 2.45) is 0 Å². The zero-order valence-corrected chi connectivity index (χ0v) is 12.0. The van der Waals surface area contributed by atoms with Gasteiger partial charge >= 0.3 is 0 Å². The molecule has 1 heterocycles. The average Bonchev–Trinajstić information content (AvgIpc) is 2.88. The van der Waals surface area contributed by atoms with E-state index in [1.54, 1.807) is 0 Å². The maximum absolute atomic E-state index is 4.63. The number of nitrogens with zero attached hydrogens (tertiary/aromatic N) is 2. The maximum Gasteiger partial charge on any atom is 0.0643 e. The lowest BCUT2D eigenvalue weighted by Crippen LogP contribution is -2.23. The number of rotatable bonds is 6. The average molecular weight is 257 g/mol. The van der Waals surface area contributed by atoms with Gasteiger partial charge in [0, 0.05) is 24.7 Å². The first kappa shape index (κ1) is 13.8. The monoisotopic (exact) mass is 257 g/mol. The molecule has 3 nitrogen and oxygen atoms in total. The maximum atomic E-state index is 4.63. The zero-order valence-electron chi connectivity index (χ0n) is 12.0. The van der Waals surface area contributed by atoms with Gasteiger partial charge in [-0.15, -0.1) is 0 Å². The number of benzene rings is 1. The molecule has 0 saturated heterocycles. The summed E-state index contributed by atoms with van der Waals surface area (Å²) in [6.07, 6.45) is 2.99. The fourth-order valence-electron chi connectivity index (χ4n) is 2.22. The summed E-state index contributed by atoms with van der Waals surface area (Å²) in [5.41, 5.74) is 2.46. The Hall–Kier alpha value is -1.61. The minimum absolute atomic E-state index is 0.335. The summed E-state index contributed by atoms with van der Waals surface area (Å²) >= 11 is 0. The molecule has 0 aliphatic carbocycles. The normalized spacial score (nSPS) is 12.8. The first-order valence-electron chi connectivity index (χ1n) is 7.03. The fourth-order valence-corrected chi connectivity index (χ4v) is 2.22. The molecule has 0 spiro atoms. The van der Waals surface area contributed by atoms with E-state index in [4.69, 9.17) is 0 Å². The van der Waals surface area contributed by atoms with Crippen molar-refractivity contribution in [3.05, 3.63) is 53.9 Å². The summed E-state index contributed by atoms with van der Waals surface area (Å²) in [7, 11) is 0. The molecule has 19 heavy (non-hydrogen) atoms. The summed E-state index contributed by atoms with van der Waals surface area (Å²) < 4.78 is 2.02. The van der Waals surface area contributed by atoms with Crippen LogP contribution >= 0.6 is 0 Å².